The summed E-state index contributed by atoms with van der Waals surface area (Å²) in [5.41, 5.74) is 4.37. The molecule has 0 aliphatic carbocycles. The summed E-state index contributed by atoms with van der Waals surface area (Å²) in [6, 6.07) is 0.202. The number of nitrogens with zero attached hydrogens (tertiary/aromatic N) is 2. The van der Waals surface area contributed by atoms with Crippen molar-refractivity contribution in [3.8, 4) is 0 Å². The molecular formula is C8H17N2O. The molecule has 0 bridgehead atoms. The van der Waals surface area contributed by atoms with Crippen LogP contribution in [-0.4, -0.2) is 35.9 Å². The third-order valence-electron chi connectivity index (χ3n) is 2.10. The lowest BCUT2D eigenvalue weighted by Crippen LogP contribution is -2.41. The van der Waals surface area contributed by atoms with E-state index in [1.54, 1.807) is 0 Å². The lowest BCUT2D eigenvalue weighted by atomic mass is 10.2. The third kappa shape index (κ3) is 2.77. The zero-order valence-electron chi connectivity index (χ0n) is 7.16. The molecule has 65 valence electrons. The molecule has 1 fully saturated rings. The van der Waals surface area contributed by atoms with Crippen molar-refractivity contribution in [3.05, 3.63) is 0 Å². The predicted octanol–water partition coefficient (Wildman–Crippen LogP) is 0.373. The molecular weight excluding hydrogens is 140 g/mol. The molecule has 1 unspecified atom stereocenters. The largest absolute Gasteiger partial charge is 0.395 e. The van der Waals surface area contributed by atoms with Crippen LogP contribution < -0.4 is 5.43 Å². The second kappa shape index (κ2) is 4.70. The van der Waals surface area contributed by atoms with Crippen LogP contribution >= 0.6 is 0 Å². The minimum atomic E-state index is 0.202. The molecule has 3 heteroatoms. The van der Waals surface area contributed by atoms with Crippen LogP contribution in [0.1, 0.15) is 26.2 Å². The molecule has 1 saturated heterocycles. The molecule has 1 N–H and O–H groups in total. The van der Waals surface area contributed by atoms with Gasteiger partial charge in [0.1, 0.15) is 0 Å². The van der Waals surface area contributed by atoms with Gasteiger partial charge in [-0.15, -0.1) is 0 Å². The first-order chi connectivity index (χ1) is 5.34. The van der Waals surface area contributed by atoms with E-state index in [9.17, 15) is 0 Å². The van der Waals surface area contributed by atoms with E-state index in [1.165, 1.54) is 19.3 Å². The highest BCUT2D eigenvalue weighted by molar-refractivity contribution is 4.64. The first kappa shape index (κ1) is 8.97. The molecule has 1 atom stereocenters. The van der Waals surface area contributed by atoms with Crippen LogP contribution in [0.2, 0.25) is 0 Å². The Bertz CT molecular complexity index is 100. The Morgan fingerprint density at radius 1 is 1.45 bits per heavy atom. The molecule has 1 heterocycles. The highest BCUT2D eigenvalue weighted by Gasteiger charge is 2.14. The molecule has 0 aromatic carbocycles. The van der Waals surface area contributed by atoms with Crippen LogP contribution in [0.15, 0.2) is 0 Å². The molecule has 0 aromatic heterocycles. The van der Waals surface area contributed by atoms with Crippen molar-refractivity contribution in [3.63, 3.8) is 0 Å². The molecule has 0 amide bonds. The van der Waals surface area contributed by atoms with Crippen LogP contribution in [0.4, 0.5) is 0 Å². The minimum Gasteiger partial charge on any atom is -0.395 e. The van der Waals surface area contributed by atoms with Gasteiger partial charge < -0.3 is 5.11 Å². The van der Waals surface area contributed by atoms with Crippen molar-refractivity contribution in [2.45, 2.75) is 32.2 Å². The van der Waals surface area contributed by atoms with Gasteiger partial charge in [0.15, 0.2) is 0 Å². The van der Waals surface area contributed by atoms with Gasteiger partial charge in [0, 0.05) is 19.1 Å². The fraction of sp³-hybridized carbons (Fsp3) is 1.00. The zero-order valence-corrected chi connectivity index (χ0v) is 7.16. The van der Waals surface area contributed by atoms with E-state index in [1.807, 2.05) is 11.9 Å². The monoisotopic (exact) mass is 157 g/mol. The SMILES string of the molecule is CC(CO)N1CCCCC[N]1. The van der Waals surface area contributed by atoms with Gasteiger partial charge >= 0.3 is 0 Å². The van der Waals surface area contributed by atoms with Crippen molar-refractivity contribution >= 4 is 0 Å². The Morgan fingerprint density at radius 3 is 3.00 bits per heavy atom. The fourth-order valence-corrected chi connectivity index (χ4v) is 1.29. The van der Waals surface area contributed by atoms with E-state index in [0.717, 1.165) is 13.1 Å². The summed E-state index contributed by atoms with van der Waals surface area (Å²) in [7, 11) is 0. The highest BCUT2D eigenvalue weighted by Crippen LogP contribution is 2.06. The lowest BCUT2D eigenvalue weighted by molar-refractivity contribution is 0.0875. The van der Waals surface area contributed by atoms with Gasteiger partial charge in [-0.25, -0.2) is 5.01 Å². The molecule has 0 spiro atoms. The Labute approximate surface area is 68.4 Å². The van der Waals surface area contributed by atoms with Gasteiger partial charge in [0.2, 0.25) is 0 Å². The van der Waals surface area contributed by atoms with Gasteiger partial charge in [-0.2, -0.15) is 5.43 Å². The van der Waals surface area contributed by atoms with Crippen molar-refractivity contribution < 1.29 is 5.11 Å². The highest BCUT2D eigenvalue weighted by atomic mass is 16.3. The summed E-state index contributed by atoms with van der Waals surface area (Å²) < 4.78 is 0. The molecule has 3 nitrogen and oxygen atoms in total. The number of aliphatic hydroxyl groups excluding tert-OH is 1. The van der Waals surface area contributed by atoms with Crippen LogP contribution in [0.5, 0.6) is 0 Å². The van der Waals surface area contributed by atoms with Crippen LogP contribution in [0, 0.1) is 0 Å². The van der Waals surface area contributed by atoms with Crippen LogP contribution in [0.3, 0.4) is 0 Å². The molecule has 1 aliphatic heterocycles. The van der Waals surface area contributed by atoms with E-state index in [0.29, 0.717) is 0 Å². The zero-order chi connectivity index (χ0) is 8.10. The second-order valence-corrected chi connectivity index (χ2v) is 3.12. The van der Waals surface area contributed by atoms with E-state index >= 15 is 0 Å². The smallest absolute Gasteiger partial charge is 0.0598 e. The summed E-state index contributed by atoms with van der Waals surface area (Å²) >= 11 is 0. The Morgan fingerprint density at radius 2 is 2.27 bits per heavy atom. The van der Waals surface area contributed by atoms with Crippen molar-refractivity contribution in [1.29, 1.82) is 0 Å². The summed E-state index contributed by atoms with van der Waals surface area (Å²) in [4.78, 5) is 0. The average molecular weight is 157 g/mol. The maximum atomic E-state index is 8.88. The van der Waals surface area contributed by atoms with Crippen molar-refractivity contribution in [2.75, 3.05) is 19.7 Å². The lowest BCUT2D eigenvalue weighted by Gasteiger charge is -2.24. The van der Waals surface area contributed by atoms with E-state index in [4.69, 9.17) is 5.11 Å². The van der Waals surface area contributed by atoms with Gasteiger partial charge in [-0.05, 0) is 19.8 Å². The normalized spacial score (nSPS) is 24.5. The topological polar surface area (TPSA) is 37.6 Å². The second-order valence-electron chi connectivity index (χ2n) is 3.12. The maximum Gasteiger partial charge on any atom is 0.0598 e. The molecule has 0 saturated carbocycles. The van der Waals surface area contributed by atoms with Gasteiger partial charge in [-0.1, -0.05) is 6.42 Å². The Balaban J connectivity index is 2.30. The van der Waals surface area contributed by atoms with Gasteiger partial charge in [0.05, 0.1) is 6.61 Å². The third-order valence-corrected chi connectivity index (χ3v) is 2.10. The first-order valence-electron chi connectivity index (χ1n) is 4.39. The Hall–Kier alpha value is -0.120. The fourth-order valence-electron chi connectivity index (χ4n) is 1.29. The van der Waals surface area contributed by atoms with Gasteiger partial charge in [-0.3, -0.25) is 0 Å². The van der Waals surface area contributed by atoms with E-state index in [-0.39, 0.29) is 12.6 Å². The standard InChI is InChI=1S/C8H17N2O/c1-8(7-11)10-6-4-2-3-5-9-10/h8,11H,2-7H2,1H3. The summed E-state index contributed by atoms with van der Waals surface area (Å²) in [6.07, 6.45) is 3.70. The number of hydrogen-bond acceptors (Lipinski definition) is 2. The maximum absolute atomic E-state index is 8.88. The minimum absolute atomic E-state index is 0.202. The Kier molecular flexibility index (Phi) is 3.83. The summed E-state index contributed by atoms with van der Waals surface area (Å²) in [5, 5.41) is 10.9. The van der Waals surface area contributed by atoms with E-state index in [2.05, 4.69) is 5.43 Å². The molecule has 1 radical (unpaired) electrons. The average Bonchev–Trinajstić information content (AvgIpc) is 2.30. The van der Waals surface area contributed by atoms with Gasteiger partial charge in [0.25, 0.3) is 0 Å². The van der Waals surface area contributed by atoms with Crippen LogP contribution in [-0.2, 0) is 0 Å². The number of rotatable bonds is 2. The summed E-state index contributed by atoms with van der Waals surface area (Å²) in [5.74, 6) is 0. The van der Waals surface area contributed by atoms with Crippen LogP contribution in [0.25, 0.3) is 0 Å². The quantitative estimate of drug-likeness (QED) is 0.629. The molecule has 0 aromatic rings. The van der Waals surface area contributed by atoms with Crippen molar-refractivity contribution in [1.82, 2.24) is 10.4 Å². The number of aliphatic hydroxyl groups is 1. The number of hydrogen-bond donors (Lipinski definition) is 1. The predicted molar refractivity (Wildman–Crippen MR) is 44.1 cm³/mol. The molecule has 11 heavy (non-hydrogen) atoms. The van der Waals surface area contributed by atoms with Crippen molar-refractivity contribution in [2.24, 2.45) is 0 Å². The first-order valence-corrected chi connectivity index (χ1v) is 4.39. The summed E-state index contributed by atoms with van der Waals surface area (Å²) in [6.45, 7) is 4.17. The molecule has 1 aliphatic rings. The van der Waals surface area contributed by atoms with E-state index < -0.39 is 0 Å². The molecule has 1 rings (SSSR count).